The first kappa shape index (κ1) is 16.9. The Hall–Kier alpha value is -0.0805. The fourth-order valence-electron chi connectivity index (χ4n) is 0.797. The molecule has 0 rings (SSSR count). The van der Waals surface area contributed by atoms with E-state index in [0.29, 0.717) is 24.3 Å². The normalized spacial score (nSPS) is 13.9. The van der Waals surface area contributed by atoms with Crippen LogP contribution in [0.3, 0.4) is 0 Å². The van der Waals surface area contributed by atoms with Gasteiger partial charge in [-0.1, -0.05) is 0 Å². The summed E-state index contributed by atoms with van der Waals surface area (Å²) in [5, 5.41) is 17.2. The summed E-state index contributed by atoms with van der Waals surface area (Å²) in [5.74, 6) is -0.662. The van der Waals surface area contributed by atoms with Crippen LogP contribution in [0.15, 0.2) is 3.96 Å². The van der Waals surface area contributed by atoms with Crippen LogP contribution in [0.4, 0.5) is 0 Å². The van der Waals surface area contributed by atoms with Gasteiger partial charge in [-0.25, -0.2) is 0 Å². The average Bonchev–Trinajstić information content (AvgIpc) is 2.27. The van der Waals surface area contributed by atoms with Gasteiger partial charge >= 0.3 is 115 Å². The number of nitrogens with two attached hydrogens (primary N) is 1. The fourth-order valence-corrected chi connectivity index (χ4v) is 3.40. The van der Waals surface area contributed by atoms with E-state index in [1.165, 1.54) is 21.6 Å². The number of nitrogens with zero attached hydrogens (tertiary/aromatic N) is 1. The van der Waals surface area contributed by atoms with Crippen LogP contribution in [0.2, 0.25) is 0 Å². The van der Waals surface area contributed by atoms with Crippen LogP contribution < -0.4 is 5.73 Å². The van der Waals surface area contributed by atoms with Gasteiger partial charge in [0.1, 0.15) is 0 Å². The van der Waals surface area contributed by atoms with E-state index in [4.69, 9.17) is 15.9 Å². The van der Waals surface area contributed by atoms with Crippen molar-refractivity contribution in [2.45, 2.75) is 24.9 Å². The van der Waals surface area contributed by atoms with E-state index in [9.17, 15) is 9.59 Å². The molecule has 0 heterocycles. The van der Waals surface area contributed by atoms with Crippen molar-refractivity contribution in [3.8, 4) is 0 Å². The Morgan fingerprint density at radius 1 is 1.18 bits per heavy atom. The second-order valence-electron chi connectivity index (χ2n) is 3.13. The number of hydrogen-bond donors (Lipinski definition) is 3. The first-order chi connectivity index (χ1) is 7.99. The fraction of sp³-hybridized carbons (Fsp3) is 0.750. The molecule has 0 aliphatic rings. The Bertz CT molecular complexity index is 280. The summed E-state index contributed by atoms with van der Waals surface area (Å²) in [4.78, 5) is 21.0. The van der Waals surface area contributed by atoms with E-state index in [2.05, 4.69) is 19.8 Å². The van der Waals surface area contributed by atoms with Crippen LogP contribution in [0, 0.1) is 0 Å². The molecule has 0 aliphatic carbocycles. The third kappa shape index (κ3) is 8.62. The second kappa shape index (κ2) is 9.90. The number of aliphatic carboxylic acids is 2. The molecule has 0 aliphatic heterocycles. The molecule has 0 radical (unpaired) electrons. The molecule has 4 N–H and O–H groups in total. The van der Waals surface area contributed by atoms with Crippen molar-refractivity contribution in [2.75, 3.05) is 11.5 Å². The molecule has 98 valence electrons. The molecule has 0 spiro atoms. The maximum atomic E-state index is 10.6. The van der Waals surface area contributed by atoms with Gasteiger partial charge in [-0.2, -0.15) is 0 Å². The SMILES string of the molecule is NC(CCSSCC[C@H](N=[Se])C(=O)O)C(=O)O. The number of carboxylic acid groups (broad SMARTS) is 2. The van der Waals surface area contributed by atoms with E-state index in [0.717, 1.165) is 0 Å². The maximum absolute atomic E-state index is 10.6. The molecular weight excluding hydrogens is 331 g/mol. The van der Waals surface area contributed by atoms with Crippen molar-refractivity contribution in [3.05, 3.63) is 0 Å². The quantitative estimate of drug-likeness (QED) is 0.298. The Kier molecular flexibility index (Phi) is 9.85. The molecule has 6 nitrogen and oxygen atoms in total. The Balaban J connectivity index is 3.49. The van der Waals surface area contributed by atoms with E-state index in [-0.39, 0.29) is 0 Å². The van der Waals surface area contributed by atoms with Crippen molar-refractivity contribution in [1.29, 1.82) is 0 Å². The van der Waals surface area contributed by atoms with Gasteiger partial charge in [0.15, 0.2) is 0 Å². The summed E-state index contributed by atoms with van der Waals surface area (Å²) in [6.07, 6.45) is 0.853. The molecular formula is C8H14N2O4S2Se. The van der Waals surface area contributed by atoms with Crippen molar-refractivity contribution >= 4 is 49.3 Å². The van der Waals surface area contributed by atoms with Crippen LogP contribution in [0.25, 0.3) is 0 Å². The zero-order chi connectivity index (χ0) is 13.3. The van der Waals surface area contributed by atoms with Crippen molar-refractivity contribution in [3.63, 3.8) is 0 Å². The van der Waals surface area contributed by atoms with Crippen LogP contribution in [-0.4, -0.2) is 61.6 Å². The first-order valence-electron chi connectivity index (χ1n) is 4.77. The minimum atomic E-state index is -0.998. The van der Waals surface area contributed by atoms with Crippen molar-refractivity contribution in [1.82, 2.24) is 0 Å². The van der Waals surface area contributed by atoms with Crippen LogP contribution in [-0.2, 0) is 9.59 Å². The summed E-state index contributed by atoms with van der Waals surface area (Å²) < 4.78 is 3.61. The molecule has 9 heteroatoms. The zero-order valence-corrected chi connectivity index (χ0v) is 12.3. The molecule has 0 amide bonds. The molecule has 1 unspecified atom stereocenters. The van der Waals surface area contributed by atoms with E-state index in [1.54, 1.807) is 0 Å². The number of hydrogen-bond acceptors (Lipinski definition) is 6. The van der Waals surface area contributed by atoms with Crippen molar-refractivity contribution in [2.24, 2.45) is 9.70 Å². The minimum absolute atomic E-state index is 0.404. The monoisotopic (exact) mass is 346 g/mol. The van der Waals surface area contributed by atoms with Crippen LogP contribution >= 0.6 is 21.6 Å². The molecule has 2 atom stereocenters. The molecule has 0 aromatic heterocycles. The third-order valence-electron chi connectivity index (χ3n) is 1.80. The molecule has 0 saturated carbocycles. The van der Waals surface area contributed by atoms with Crippen LogP contribution in [0.5, 0.6) is 0 Å². The van der Waals surface area contributed by atoms with Gasteiger partial charge in [0.25, 0.3) is 0 Å². The molecule has 0 aromatic carbocycles. The number of carboxylic acids is 2. The molecule has 0 fully saturated rings. The van der Waals surface area contributed by atoms with Gasteiger partial charge in [0, 0.05) is 0 Å². The van der Waals surface area contributed by atoms with Crippen molar-refractivity contribution < 1.29 is 19.8 Å². The predicted molar refractivity (Wildman–Crippen MR) is 69.4 cm³/mol. The molecule has 0 saturated heterocycles. The molecule has 0 bridgehead atoms. The van der Waals surface area contributed by atoms with E-state index < -0.39 is 24.0 Å². The van der Waals surface area contributed by atoms with Gasteiger partial charge in [0.05, 0.1) is 0 Å². The topological polar surface area (TPSA) is 113 Å². The van der Waals surface area contributed by atoms with Gasteiger partial charge < -0.3 is 0 Å². The second-order valence-corrected chi connectivity index (χ2v) is 6.27. The Morgan fingerprint density at radius 3 is 2.12 bits per heavy atom. The van der Waals surface area contributed by atoms with Gasteiger partial charge in [-0.3, -0.25) is 0 Å². The number of carbonyl (C=O) groups is 2. The van der Waals surface area contributed by atoms with Gasteiger partial charge in [-0.15, -0.1) is 0 Å². The van der Waals surface area contributed by atoms with Gasteiger partial charge in [-0.05, 0) is 0 Å². The van der Waals surface area contributed by atoms with Gasteiger partial charge in [0.2, 0.25) is 0 Å². The Labute approximate surface area is 115 Å². The van der Waals surface area contributed by atoms with E-state index >= 15 is 0 Å². The summed E-state index contributed by atoms with van der Waals surface area (Å²) in [7, 11) is 2.99. The third-order valence-corrected chi connectivity index (χ3v) is 4.80. The summed E-state index contributed by atoms with van der Waals surface area (Å²) in [6, 6.07) is -1.53. The first-order valence-corrected chi connectivity index (χ1v) is 8.02. The predicted octanol–water partition coefficient (Wildman–Crippen LogP) is 0.365. The average molecular weight is 345 g/mol. The van der Waals surface area contributed by atoms with Crippen LogP contribution in [0.1, 0.15) is 12.8 Å². The van der Waals surface area contributed by atoms with E-state index in [1.807, 2.05) is 0 Å². The summed E-state index contributed by atoms with van der Waals surface area (Å²) >= 11 is 2.35. The zero-order valence-electron chi connectivity index (χ0n) is 8.94. The Morgan fingerprint density at radius 2 is 1.71 bits per heavy atom. The summed E-state index contributed by atoms with van der Waals surface area (Å²) in [6.45, 7) is 0. The summed E-state index contributed by atoms with van der Waals surface area (Å²) in [5.41, 5.74) is 5.32. The number of rotatable bonds is 10. The standard InChI is InChI=1S/C8H14N2O4S2Se/c9-5(7(11)12)1-3-15-16-4-2-6(10-17)8(13)14/h5-6H,1-4,9H2,(H,11,12)(H,13,14)/t5?,6-/m0/s1. The molecule has 0 aromatic rings. The molecule has 17 heavy (non-hydrogen) atoms.